The van der Waals surface area contributed by atoms with Crippen LogP contribution in [0.5, 0.6) is 0 Å². The van der Waals surface area contributed by atoms with Gasteiger partial charge in [-0.3, -0.25) is 0 Å². The summed E-state index contributed by atoms with van der Waals surface area (Å²) in [7, 11) is 4.22. The second kappa shape index (κ2) is 8.79. The first-order valence-corrected chi connectivity index (χ1v) is 8.05. The third kappa shape index (κ3) is 7.46. The second-order valence-corrected chi connectivity index (χ2v) is 6.94. The lowest BCUT2D eigenvalue weighted by atomic mass is 9.93. The third-order valence-corrected chi connectivity index (χ3v) is 3.33. The fourth-order valence-corrected chi connectivity index (χ4v) is 2.56. The van der Waals surface area contributed by atoms with E-state index in [-0.39, 0.29) is 5.41 Å². The van der Waals surface area contributed by atoms with Gasteiger partial charge >= 0.3 is 0 Å². The lowest BCUT2D eigenvalue weighted by molar-refractivity contribution is 0.241. The van der Waals surface area contributed by atoms with E-state index in [0.29, 0.717) is 6.54 Å². The number of aryl methyl sites for hydroxylation is 1. The topological polar surface area (TPSA) is 39.7 Å². The van der Waals surface area contributed by atoms with Gasteiger partial charge in [-0.15, -0.1) is 0 Å². The molecule has 22 heavy (non-hydrogen) atoms. The van der Waals surface area contributed by atoms with Crippen molar-refractivity contribution in [3.8, 4) is 0 Å². The summed E-state index contributed by atoms with van der Waals surface area (Å²) in [5.41, 5.74) is 2.71. The van der Waals surface area contributed by atoms with Crippen molar-refractivity contribution >= 4 is 5.96 Å². The molecule has 124 valence electrons. The van der Waals surface area contributed by atoms with Crippen molar-refractivity contribution in [2.24, 2.45) is 10.4 Å². The van der Waals surface area contributed by atoms with Crippen LogP contribution in [0, 0.1) is 12.3 Å². The molecule has 1 aromatic carbocycles. The number of hydrogen-bond acceptors (Lipinski definition) is 2. The van der Waals surface area contributed by atoms with Crippen LogP contribution >= 0.6 is 0 Å². The van der Waals surface area contributed by atoms with Gasteiger partial charge in [0.25, 0.3) is 0 Å². The zero-order valence-electron chi connectivity index (χ0n) is 15.0. The van der Waals surface area contributed by atoms with E-state index in [0.717, 1.165) is 25.6 Å². The lowest BCUT2D eigenvalue weighted by Crippen LogP contribution is -2.44. The number of guanidine groups is 1. The van der Waals surface area contributed by atoms with Crippen LogP contribution < -0.4 is 10.6 Å². The Kier molecular flexibility index (Phi) is 7.39. The summed E-state index contributed by atoms with van der Waals surface area (Å²) in [5, 5.41) is 6.78. The maximum Gasteiger partial charge on any atom is 0.191 e. The van der Waals surface area contributed by atoms with Crippen molar-refractivity contribution < 1.29 is 0 Å². The normalized spacial score (nSPS) is 12.6. The smallest absolute Gasteiger partial charge is 0.191 e. The van der Waals surface area contributed by atoms with Gasteiger partial charge in [-0.05, 0) is 38.9 Å². The van der Waals surface area contributed by atoms with Crippen LogP contribution in [0.25, 0.3) is 0 Å². The molecule has 0 aliphatic carbocycles. The Hall–Kier alpha value is -1.55. The van der Waals surface area contributed by atoms with Crippen LogP contribution in [-0.4, -0.2) is 44.6 Å². The van der Waals surface area contributed by atoms with Gasteiger partial charge in [-0.2, -0.15) is 0 Å². The largest absolute Gasteiger partial charge is 0.357 e. The van der Waals surface area contributed by atoms with Crippen molar-refractivity contribution in [3.63, 3.8) is 0 Å². The molecule has 1 aromatic rings. The monoisotopic (exact) mass is 304 g/mol. The highest BCUT2D eigenvalue weighted by molar-refractivity contribution is 5.79. The van der Waals surface area contributed by atoms with Crippen molar-refractivity contribution in [2.75, 3.05) is 33.7 Å². The van der Waals surface area contributed by atoms with Gasteiger partial charge in [0.15, 0.2) is 5.96 Å². The zero-order chi connectivity index (χ0) is 16.6. The summed E-state index contributed by atoms with van der Waals surface area (Å²) < 4.78 is 0. The van der Waals surface area contributed by atoms with E-state index < -0.39 is 0 Å². The van der Waals surface area contributed by atoms with Crippen molar-refractivity contribution in [3.05, 3.63) is 35.4 Å². The molecule has 0 amide bonds. The van der Waals surface area contributed by atoms with Crippen LogP contribution in [0.15, 0.2) is 29.3 Å². The molecular weight excluding hydrogens is 272 g/mol. The molecule has 0 saturated heterocycles. The fourth-order valence-electron chi connectivity index (χ4n) is 2.56. The van der Waals surface area contributed by atoms with E-state index in [1.165, 1.54) is 11.1 Å². The van der Waals surface area contributed by atoms with Gasteiger partial charge in [0.2, 0.25) is 0 Å². The minimum Gasteiger partial charge on any atom is -0.357 e. The van der Waals surface area contributed by atoms with Gasteiger partial charge < -0.3 is 15.5 Å². The number of rotatable bonds is 7. The van der Waals surface area contributed by atoms with E-state index in [9.17, 15) is 0 Å². The molecular formula is C18H32N4. The molecule has 0 unspecified atom stereocenters. The highest BCUT2D eigenvalue weighted by atomic mass is 15.2. The SMILES string of the molecule is CCNC(=NCc1cccc(C)c1)NCC(C)(C)CN(C)C. The number of aliphatic imine (C=N–C) groups is 1. The first kappa shape index (κ1) is 18.5. The number of benzene rings is 1. The van der Waals surface area contributed by atoms with Gasteiger partial charge in [-0.1, -0.05) is 43.7 Å². The lowest BCUT2D eigenvalue weighted by Gasteiger charge is -2.29. The van der Waals surface area contributed by atoms with Crippen LogP contribution in [0.3, 0.4) is 0 Å². The Morgan fingerprint density at radius 3 is 2.55 bits per heavy atom. The predicted octanol–water partition coefficient (Wildman–Crippen LogP) is 2.64. The summed E-state index contributed by atoms with van der Waals surface area (Å²) in [5.74, 6) is 0.885. The standard InChI is InChI=1S/C18H32N4/c1-7-19-17(21-13-18(3,4)14-22(5)6)20-12-16-10-8-9-15(2)11-16/h8-11H,7,12-14H2,1-6H3,(H2,19,20,21). The molecule has 2 N–H and O–H groups in total. The molecule has 0 bridgehead atoms. The minimum atomic E-state index is 0.197. The molecule has 0 aliphatic heterocycles. The summed E-state index contributed by atoms with van der Waals surface area (Å²) >= 11 is 0. The zero-order valence-corrected chi connectivity index (χ0v) is 15.0. The third-order valence-electron chi connectivity index (χ3n) is 3.33. The molecule has 0 aromatic heterocycles. The maximum absolute atomic E-state index is 4.69. The fraction of sp³-hybridized carbons (Fsp3) is 0.611. The summed E-state index contributed by atoms with van der Waals surface area (Å²) in [6.07, 6.45) is 0. The number of nitrogens with one attached hydrogen (secondary N) is 2. The quantitative estimate of drug-likeness (QED) is 0.601. The number of nitrogens with zero attached hydrogens (tertiary/aromatic N) is 2. The first-order valence-electron chi connectivity index (χ1n) is 8.05. The average Bonchev–Trinajstić information content (AvgIpc) is 2.40. The van der Waals surface area contributed by atoms with Crippen molar-refractivity contribution in [1.82, 2.24) is 15.5 Å². The summed E-state index contributed by atoms with van der Waals surface area (Å²) in [6.45, 7) is 12.2. The van der Waals surface area contributed by atoms with Gasteiger partial charge in [0, 0.05) is 19.6 Å². The average molecular weight is 304 g/mol. The van der Waals surface area contributed by atoms with Gasteiger partial charge in [-0.25, -0.2) is 4.99 Å². The van der Waals surface area contributed by atoms with Crippen molar-refractivity contribution in [2.45, 2.75) is 34.2 Å². The Bertz CT molecular complexity index is 478. The molecule has 0 fully saturated rings. The molecule has 0 aliphatic rings. The van der Waals surface area contributed by atoms with E-state index in [2.05, 4.69) is 86.6 Å². The Labute approximate surface area is 136 Å². The number of hydrogen-bond donors (Lipinski definition) is 2. The molecule has 0 heterocycles. The maximum atomic E-state index is 4.69. The molecule has 0 radical (unpaired) electrons. The second-order valence-electron chi connectivity index (χ2n) is 6.94. The first-order chi connectivity index (χ1) is 10.3. The molecule has 1 rings (SSSR count). The van der Waals surface area contributed by atoms with Crippen LogP contribution in [0.1, 0.15) is 31.9 Å². The van der Waals surface area contributed by atoms with E-state index >= 15 is 0 Å². The molecule has 0 atom stereocenters. The minimum absolute atomic E-state index is 0.197. The Morgan fingerprint density at radius 1 is 1.23 bits per heavy atom. The Morgan fingerprint density at radius 2 is 1.95 bits per heavy atom. The van der Waals surface area contributed by atoms with Crippen molar-refractivity contribution in [1.29, 1.82) is 0 Å². The molecule has 0 saturated carbocycles. The van der Waals surface area contributed by atoms with Crippen LogP contribution in [0.4, 0.5) is 0 Å². The van der Waals surface area contributed by atoms with E-state index in [1.54, 1.807) is 0 Å². The van der Waals surface area contributed by atoms with Gasteiger partial charge in [0.05, 0.1) is 6.54 Å². The predicted molar refractivity (Wildman–Crippen MR) is 96.3 cm³/mol. The van der Waals surface area contributed by atoms with Gasteiger partial charge in [0.1, 0.15) is 0 Å². The van der Waals surface area contributed by atoms with Crippen LogP contribution in [-0.2, 0) is 6.54 Å². The highest BCUT2D eigenvalue weighted by Crippen LogP contribution is 2.14. The molecule has 4 heteroatoms. The summed E-state index contributed by atoms with van der Waals surface area (Å²) in [4.78, 5) is 6.91. The van der Waals surface area contributed by atoms with E-state index in [4.69, 9.17) is 0 Å². The molecule has 0 spiro atoms. The highest BCUT2D eigenvalue weighted by Gasteiger charge is 2.19. The molecule has 4 nitrogen and oxygen atoms in total. The Balaban J connectivity index is 2.62. The summed E-state index contributed by atoms with van der Waals surface area (Å²) in [6, 6.07) is 8.50. The van der Waals surface area contributed by atoms with Crippen LogP contribution in [0.2, 0.25) is 0 Å². The van der Waals surface area contributed by atoms with E-state index in [1.807, 2.05) is 0 Å².